The van der Waals surface area contributed by atoms with Gasteiger partial charge in [0.1, 0.15) is 0 Å². The minimum Gasteiger partial charge on any atom is -0.381 e. The van der Waals surface area contributed by atoms with Crippen LogP contribution < -0.4 is 5.32 Å². The highest BCUT2D eigenvalue weighted by Crippen LogP contribution is 1.95. The molecule has 0 saturated heterocycles. The largest absolute Gasteiger partial charge is 0.381 e. The van der Waals surface area contributed by atoms with Crippen LogP contribution in [0.25, 0.3) is 10.4 Å². The van der Waals surface area contributed by atoms with Crippen LogP contribution in [0.3, 0.4) is 0 Å². The van der Waals surface area contributed by atoms with Crippen LogP contribution in [0.2, 0.25) is 0 Å². The van der Waals surface area contributed by atoms with E-state index in [0.29, 0.717) is 32.6 Å². The van der Waals surface area contributed by atoms with Gasteiger partial charge < -0.3 is 15.0 Å². The first-order chi connectivity index (χ1) is 9.11. The molecule has 0 aromatic rings. The third kappa shape index (κ3) is 10.0. The number of hydrogen-bond acceptors (Lipinski definition) is 5. The zero-order valence-electron chi connectivity index (χ0n) is 11.5. The zero-order valence-corrected chi connectivity index (χ0v) is 11.5. The van der Waals surface area contributed by atoms with Crippen molar-refractivity contribution >= 4 is 11.7 Å². The van der Waals surface area contributed by atoms with E-state index in [1.54, 1.807) is 14.1 Å². The Morgan fingerprint density at radius 1 is 1.42 bits per heavy atom. The molecular weight excluding hydrogens is 250 g/mol. The second kappa shape index (κ2) is 11.5. The molecule has 0 aliphatic carbocycles. The maximum absolute atomic E-state index is 11.6. The van der Waals surface area contributed by atoms with Gasteiger partial charge in [-0.1, -0.05) is 5.11 Å². The third-order valence-corrected chi connectivity index (χ3v) is 2.31. The average Bonchev–Trinajstić information content (AvgIpc) is 2.38. The molecule has 0 heterocycles. The van der Waals surface area contributed by atoms with Crippen LogP contribution in [-0.4, -0.2) is 63.5 Å². The molecule has 0 aromatic carbocycles. The van der Waals surface area contributed by atoms with Crippen molar-refractivity contribution in [2.24, 2.45) is 5.11 Å². The molecule has 0 spiro atoms. The molecule has 0 saturated carbocycles. The average molecular weight is 271 g/mol. The lowest BCUT2D eigenvalue weighted by molar-refractivity contribution is -0.133. The minimum absolute atomic E-state index is 0.00518. The third-order valence-electron chi connectivity index (χ3n) is 2.31. The van der Waals surface area contributed by atoms with E-state index < -0.39 is 0 Å². The number of azide groups is 1. The second-order valence-corrected chi connectivity index (χ2v) is 3.99. The highest BCUT2D eigenvalue weighted by Gasteiger charge is 2.11. The van der Waals surface area contributed by atoms with Crippen molar-refractivity contribution < 1.29 is 14.3 Å². The van der Waals surface area contributed by atoms with Crippen LogP contribution in [0, 0.1) is 0 Å². The van der Waals surface area contributed by atoms with Gasteiger partial charge in [0.2, 0.25) is 5.91 Å². The van der Waals surface area contributed by atoms with Gasteiger partial charge in [0.15, 0.2) is 5.78 Å². The van der Waals surface area contributed by atoms with Crippen LogP contribution in [0.1, 0.15) is 12.8 Å². The molecule has 108 valence electrons. The smallest absolute Gasteiger partial charge is 0.236 e. The van der Waals surface area contributed by atoms with Crippen molar-refractivity contribution in [1.82, 2.24) is 10.2 Å². The van der Waals surface area contributed by atoms with Gasteiger partial charge in [-0.2, -0.15) is 0 Å². The quantitative estimate of drug-likeness (QED) is 0.253. The maximum Gasteiger partial charge on any atom is 0.236 e. The molecule has 0 aromatic heterocycles. The summed E-state index contributed by atoms with van der Waals surface area (Å²) >= 11 is 0. The van der Waals surface area contributed by atoms with Gasteiger partial charge >= 0.3 is 0 Å². The van der Waals surface area contributed by atoms with Gasteiger partial charge in [0.25, 0.3) is 0 Å². The Balaban J connectivity index is 3.58. The van der Waals surface area contributed by atoms with Gasteiger partial charge in [-0.3, -0.25) is 9.59 Å². The Morgan fingerprint density at radius 2 is 2.16 bits per heavy atom. The fraction of sp³-hybridized carbons (Fsp3) is 0.818. The molecule has 0 unspecified atom stereocenters. The molecule has 0 radical (unpaired) electrons. The Hall–Kier alpha value is -1.63. The summed E-state index contributed by atoms with van der Waals surface area (Å²) in [4.78, 5) is 27.0. The van der Waals surface area contributed by atoms with Gasteiger partial charge in [-0.15, -0.1) is 0 Å². The SMILES string of the molecule is CNCC(=O)N(C)CC(=O)CCCOCCN=[N+]=[N-]. The minimum atomic E-state index is -0.110. The number of nitrogens with zero attached hydrogens (tertiary/aromatic N) is 4. The predicted molar refractivity (Wildman–Crippen MR) is 70.6 cm³/mol. The van der Waals surface area contributed by atoms with Gasteiger partial charge in [0, 0.05) is 31.5 Å². The van der Waals surface area contributed by atoms with E-state index in [1.165, 1.54) is 4.90 Å². The first kappa shape index (κ1) is 17.4. The number of ether oxygens (including phenoxy) is 1. The van der Waals surface area contributed by atoms with E-state index in [1.807, 2.05) is 0 Å². The highest BCUT2D eigenvalue weighted by molar-refractivity contribution is 5.86. The van der Waals surface area contributed by atoms with Crippen LogP contribution in [0.5, 0.6) is 0 Å². The van der Waals surface area contributed by atoms with Gasteiger partial charge in [0.05, 0.1) is 19.7 Å². The molecule has 8 nitrogen and oxygen atoms in total. The molecule has 19 heavy (non-hydrogen) atoms. The van der Waals surface area contributed by atoms with Crippen LogP contribution in [0.4, 0.5) is 0 Å². The first-order valence-corrected chi connectivity index (χ1v) is 6.10. The molecule has 0 aliphatic heterocycles. The topological polar surface area (TPSA) is 107 Å². The Bertz CT molecular complexity index is 328. The lowest BCUT2D eigenvalue weighted by atomic mass is 10.2. The summed E-state index contributed by atoms with van der Waals surface area (Å²) in [5.74, 6) is -0.105. The summed E-state index contributed by atoms with van der Waals surface area (Å²) in [5.41, 5.74) is 8.03. The molecule has 0 rings (SSSR count). The number of amides is 1. The standard InChI is InChI=1S/C11H21N5O3/c1-13-8-11(18)16(2)9-10(17)4-3-6-19-7-5-14-15-12/h13H,3-9H2,1-2H3. The zero-order chi connectivity index (χ0) is 14.5. The second-order valence-electron chi connectivity index (χ2n) is 3.99. The molecular formula is C11H21N5O3. The highest BCUT2D eigenvalue weighted by atomic mass is 16.5. The molecule has 1 amide bonds. The fourth-order valence-electron chi connectivity index (χ4n) is 1.34. The summed E-state index contributed by atoms with van der Waals surface area (Å²) in [6.45, 7) is 1.46. The van der Waals surface area contributed by atoms with E-state index in [0.717, 1.165) is 0 Å². The van der Waals surface area contributed by atoms with E-state index >= 15 is 0 Å². The first-order valence-electron chi connectivity index (χ1n) is 6.10. The Kier molecular flexibility index (Phi) is 10.5. The van der Waals surface area contributed by atoms with Crippen LogP contribution in [-0.2, 0) is 14.3 Å². The van der Waals surface area contributed by atoms with Crippen molar-refractivity contribution in [3.63, 3.8) is 0 Å². The van der Waals surface area contributed by atoms with Crippen molar-refractivity contribution in [1.29, 1.82) is 0 Å². The van der Waals surface area contributed by atoms with E-state index in [9.17, 15) is 9.59 Å². The lowest BCUT2D eigenvalue weighted by Gasteiger charge is -2.15. The molecule has 1 N–H and O–H groups in total. The fourth-order valence-corrected chi connectivity index (χ4v) is 1.34. The number of Topliss-reactive ketones (excluding diaryl/α,β-unsaturated/α-hetero) is 1. The van der Waals surface area contributed by atoms with Crippen molar-refractivity contribution in [3.8, 4) is 0 Å². The van der Waals surface area contributed by atoms with E-state index in [-0.39, 0.29) is 24.8 Å². The monoisotopic (exact) mass is 271 g/mol. The van der Waals surface area contributed by atoms with E-state index in [2.05, 4.69) is 15.3 Å². The summed E-state index contributed by atoms with van der Waals surface area (Å²) in [5, 5.41) is 6.06. The van der Waals surface area contributed by atoms with Crippen molar-refractivity contribution in [3.05, 3.63) is 10.4 Å². The number of ketones is 1. The van der Waals surface area contributed by atoms with E-state index in [4.69, 9.17) is 10.3 Å². The van der Waals surface area contributed by atoms with Gasteiger partial charge in [-0.25, -0.2) is 0 Å². The number of likely N-dealkylation sites (N-methyl/N-ethyl adjacent to an activating group) is 2. The Morgan fingerprint density at radius 3 is 2.79 bits per heavy atom. The van der Waals surface area contributed by atoms with Crippen LogP contribution in [0.15, 0.2) is 5.11 Å². The van der Waals surface area contributed by atoms with Crippen molar-refractivity contribution in [2.75, 3.05) is 46.9 Å². The number of hydrogen-bond donors (Lipinski definition) is 1. The molecule has 0 atom stereocenters. The number of rotatable bonds is 11. The molecule has 8 heteroatoms. The lowest BCUT2D eigenvalue weighted by Crippen LogP contribution is -2.37. The summed E-state index contributed by atoms with van der Waals surface area (Å²) in [7, 11) is 3.29. The molecule has 0 bridgehead atoms. The summed E-state index contributed by atoms with van der Waals surface area (Å²) in [6.07, 6.45) is 0.974. The molecule has 0 fully saturated rings. The number of carbonyl (C=O) groups is 2. The van der Waals surface area contributed by atoms with Crippen molar-refractivity contribution in [2.45, 2.75) is 12.8 Å². The predicted octanol–water partition coefficient (Wildman–Crippen LogP) is 0.340. The number of nitrogens with one attached hydrogen (secondary N) is 1. The summed E-state index contributed by atoms with van der Waals surface area (Å²) < 4.78 is 5.17. The van der Waals surface area contributed by atoms with Gasteiger partial charge in [-0.05, 0) is 19.0 Å². The number of carbonyl (C=O) groups excluding carboxylic acids is 2. The van der Waals surface area contributed by atoms with Crippen LogP contribution >= 0.6 is 0 Å². The summed E-state index contributed by atoms with van der Waals surface area (Å²) in [6, 6.07) is 0. The molecule has 0 aliphatic rings. The Labute approximate surface area is 112 Å². The normalized spacial score (nSPS) is 9.79. The maximum atomic E-state index is 11.6.